The van der Waals surface area contributed by atoms with Crippen molar-refractivity contribution in [2.75, 3.05) is 13.6 Å². The zero-order valence-electron chi connectivity index (χ0n) is 19.7. The fraction of sp³-hybridized carbons (Fsp3) is 0.133. The van der Waals surface area contributed by atoms with E-state index in [2.05, 4.69) is 12.1 Å². The first-order valence-corrected chi connectivity index (χ1v) is 11.5. The van der Waals surface area contributed by atoms with Gasteiger partial charge in [-0.25, -0.2) is 4.79 Å². The van der Waals surface area contributed by atoms with Crippen LogP contribution in [0.25, 0.3) is 29.1 Å². The highest BCUT2D eigenvalue weighted by atomic mass is 16.4. The van der Waals surface area contributed by atoms with Gasteiger partial charge < -0.3 is 14.6 Å². The van der Waals surface area contributed by atoms with Crippen LogP contribution in [0.1, 0.15) is 22.3 Å². The van der Waals surface area contributed by atoms with Gasteiger partial charge in [-0.1, -0.05) is 84.9 Å². The molecule has 0 spiro atoms. The molecule has 0 aliphatic carbocycles. The van der Waals surface area contributed by atoms with Crippen LogP contribution in [0.5, 0.6) is 0 Å². The first-order valence-electron chi connectivity index (χ1n) is 11.5. The zero-order valence-corrected chi connectivity index (χ0v) is 19.7. The van der Waals surface area contributed by atoms with Crippen LogP contribution >= 0.6 is 0 Å². The summed E-state index contributed by atoms with van der Waals surface area (Å²) in [6.07, 6.45) is 9.41. The van der Waals surface area contributed by atoms with E-state index in [1.54, 1.807) is 11.0 Å². The van der Waals surface area contributed by atoms with Gasteiger partial charge in [0.05, 0.1) is 0 Å². The molecule has 5 heteroatoms. The Bertz CT molecular complexity index is 1370. The van der Waals surface area contributed by atoms with Gasteiger partial charge in [0.25, 0.3) is 0 Å². The molecule has 0 saturated carbocycles. The van der Waals surface area contributed by atoms with Gasteiger partial charge in [-0.05, 0) is 35.3 Å². The predicted octanol–water partition coefficient (Wildman–Crippen LogP) is 5.61. The van der Waals surface area contributed by atoms with E-state index in [-0.39, 0.29) is 12.5 Å². The molecule has 0 unspecified atom stereocenters. The molecule has 0 saturated heterocycles. The first kappa shape index (κ1) is 23.8. The Balaban J connectivity index is 1.61. The summed E-state index contributed by atoms with van der Waals surface area (Å²) in [4.78, 5) is 26.0. The van der Waals surface area contributed by atoms with E-state index in [0.717, 1.165) is 40.1 Å². The van der Waals surface area contributed by atoms with Crippen LogP contribution < -0.4 is 0 Å². The number of rotatable bonds is 9. The first-order chi connectivity index (χ1) is 17.0. The Morgan fingerprint density at radius 3 is 2.29 bits per heavy atom. The van der Waals surface area contributed by atoms with Crippen molar-refractivity contribution in [1.82, 2.24) is 9.47 Å². The molecule has 0 atom stereocenters. The van der Waals surface area contributed by atoms with E-state index in [1.165, 1.54) is 5.56 Å². The number of amides is 1. The summed E-state index contributed by atoms with van der Waals surface area (Å²) in [7, 11) is 1.82. The SMILES string of the molecule is CN(CCc1ccccc1)C(=O)Cn1cc(C=CC(=O)O)c2c(C=Cc3ccccc3)cccc21. The Hall–Kier alpha value is -4.38. The lowest BCUT2D eigenvalue weighted by atomic mass is 10.0. The van der Waals surface area contributed by atoms with E-state index < -0.39 is 5.97 Å². The lowest BCUT2D eigenvalue weighted by Crippen LogP contribution is -2.31. The summed E-state index contributed by atoms with van der Waals surface area (Å²) in [6, 6.07) is 26.0. The van der Waals surface area contributed by atoms with Crippen molar-refractivity contribution in [2.24, 2.45) is 0 Å². The molecule has 0 fully saturated rings. The highest BCUT2D eigenvalue weighted by Gasteiger charge is 2.15. The van der Waals surface area contributed by atoms with Crippen LogP contribution in [0, 0.1) is 0 Å². The number of likely N-dealkylation sites (N-methyl/N-ethyl adjacent to an activating group) is 1. The molecule has 3 aromatic carbocycles. The molecule has 5 nitrogen and oxygen atoms in total. The number of carboxylic acids is 1. The molecule has 0 aliphatic heterocycles. The maximum atomic E-state index is 13.0. The van der Waals surface area contributed by atoms with Crippen molar-refractivity contribution in [1.29, 1.82) is 0 Å². The third-order valence-electron chi connectivity index (χ3n) is 5.94. The van der Waals surface area contributed by atoms with Gasteiger partial charge in [0, 0.05) is 42.3 Å². The van der Waals surface area contributed by atoms with Crippen molar-refractivity contribution in [2.45, 2.75) is 13.0 Å². The number of carbonyl (C=O) groups excluding carboxylic acids is 1. The lowest BCUT2D eigenvalue weighted by Gasteiger charge is -2.18. The number of hydrogen-bond donors (Lipinski definition) is 1. The molecule has 0 aliphatic rings. The maximum absolute atomic E-state index is 13.0. The Morgan fingerprint density at radius 1 is 0.857 bits per heavy atom. The van der Waals surface area contributed by atoms with Gasteiger partial charge in [-0.15, -0.1) is 0 Å². The molecular formula is C30H28N2O3. The zero-order chi connectivity index (χ0) is 24.6. The maximum Gasteiger partial charge on any atom is 0.328 e. The lowest BCUT2D eigenvalue weighted by molar-refractivity contribution is -0.131. The summed E-state index contributed by atoms with van der Waals surface area (Å²) >= 11 is 0. The molecule has 1 aromatic heterocycles. The molecule has 1 N–H and O–H groups in total. The summed E-state index contributed by atoms with van der Waals surface area (Å²) in [6.45, 7) is 0.799. The molecule has 4 aromatic rings. The van der Waals surface area contributed by atoms with Gasteiger partial charge in [0.2, 0.25) is 5.91 Å². The minimum Gasteiger partial charge on any atom is -0.478 e. The second-order valence-corrected chi connectivity index (χ2v) is 8.42. The Labute approximate surface area is 205 Å². The van der Waals surface area contributed by atoms with Crippen LogP contribution in [0.4, 0.5) is 0 Å². The number of aromatic nitrogens is 1. The monoisotopic (exact) mass is 464 g/mol. The number of hydrogen-bond acceptors (Lipinski definition) is 2. The quantitative estimate of drug-likeness (QED) is 0.259. The molecule has 35 heavy (non-hydrogen) atoms. The largest absolute Gasteiger partial charge is 0.478 e. The van der Waals surface area contributed by atoms with Crippen molar-refractivity contribution in [3.8, 4) is 0 Å². The van der Waals surface area contributed by atoms with E-state index in [0.29, 0.717) is 6.54 Å². The molecule has 1 heterocycles. The van der Waals surface area contributed by atoms with Gasteiger partial charge in [0.1, 0.15) is 6.54 Å². The number of carbonyl (C=O) groups is 2. The summed E-state index contributed by atoms with van der Waals surface area (Å²) in [5.74, 6) is -1.02. The topological polar surface area (TPSA) is 62.5 Å². The van der Waals surface area contributed by atoms with Crippen LogP contribution in [0.2, 0.25) is 0 Å². The smallest absolute Gasteiger partial charge is 0.328 e. The number of aliphatic carboxylic acids is 1. The fourth-order valence-corrected chi connectivity index (χ4v) is 4.05. The van der Waals surface area contributed by atoms with Gasteiger partial charge in [-0.2, -0.15) is 0 Å². The Morgan fingerprint density at radius 2 is 1.57 bits per heavy atom. The minimum atomic E-state index is -1.01. The minimum absolute atomic E-state index is 0.00294. The van der Waals surface area contributed by atoms with Gasteiger partial charge in [-0.3, -0.25) is 4.79 Å². The predicted molar refractivity (Wildman–Crippen MR) is 142 cm³/mol. The normalized spacial score (nSPS) is 11.5. The van der Waals surface area contributed by atoms with Gasteiger partial charge in [0.15, 0.2) is 0 Å². The second-order valence-electron chi connectivity index (χ2n) is 8.42. The summed E-state index contributed by atoms with van der Waals surface area (Å²) < 4.78 is 1.90. The highest BCUT2D eigenvalue weighted by Crippen LogP contribution is 2.28. The third kappa shape index (κ3) is 6.15. The van der Waals surface area contributed by atoms with E-state index >= 15 is 0 Å². The second kappa shape index (κ2) is 11.2. The summed E-state index contributed by atoms with van der Waals surface area (Å²) in [5.41, 5.74) is 4.86. The number of fused-ring (bicyclic) bond motifs is 1. The number of benzene rings is 3. The van der Waals surface area contributed by atoms with Crippen molar-refractivity contribution in [3.63, 3.8) is 0 Å². The fourth-order valence-electron chi connectivity index (χ4n) is 4.05. The van der Waals surface area contributed by atoms with Crippen LogP contribution in [0.3, 0.4) is 0 Å². The third-order valence-corrected chi connectivity index (χ3v) is 5.94. The highest BCUT2D eigenvalue weighted by molar-refractivity contribution is 6.00. The van der Waals surface area contributed by atoms with Crippen LogP contribution in [-0.2, 0) is 22.6 Å². The average molecular weight is 465 g/mol. The van der Waals surface area contributed by atoms with Crippen molar-refractivity contribution < 1.29 is 14.7 Å². The molecular weight excluding hydrogens is 436 g/mol. The van der Waals surface area contributed by atoms with E-state index in [1.807, 2.05) is 96.7 Å². The number of carboxylic acid groups (broad SMARTS) is 1. The van der Waals surface area contributed by atoms with Crippen LogP contribution in [0.15, 0.2) is 91.1 Å². The average Bonchev–Trinajstić information content (AvgIpc) is 3.23. The number of nitrogens with zero attached hydrogens (tertiary/aromatic N) is 2. The molecule has 176 valence electrons. The Kier molecular flexibility index (Phi) is 7.58. The standard InChI is InChI=1S/C30H28N2O3/c1-31(20-19-24-11-6-3-7-12-24)28(33)22-32-21-26(17-18-29(34)35)30-25(13-8-14-27(30)32)16-15-23-9-4-2-5-10-23/h2-18,21H,19-20,22H2,1H3,(H,34,35). The van der Waals surface area contributed by atoms with Gasteiger partial charge >= 0.3 is 5.97 Å². The van der Waals surface area contributed by atoms with Crippen molar-refractivity contribution >= 4 is 41.0 Å². The molecule has 4 rings (SSSR count). The summed E-state index contributed by atoms with van der Waals surface area (Å²) in [5, 5.41) is 10.1. The van der Waals surface area contributed by atoms with Crippen molar-refractivity contribution in [3.05, 3.63) is 113 Å². The van der Waals surface area contributed by atoms with E-state index in [9.17, 15) is 14.7 Å². The van der Waals surface area contributed by atoms with Crippen LogP contribution in [-0.4, -0.2) is 40.0 Å². The molecule has 1 amide bonds. The van der Waals surface area contributed by atoms with E-state index in [4.69, 9.17) is 0 Å². The molecule has 0 radical (unpaired) electrons. The molecule has 0 bridgehead atoms.